The van der Waals surface area contributed by atoms with Gasteiger partial charge in [-0.2, -0.15) is 5.10 Å². The van der Waals surface area contributed by atoms with E-state index in [1.807, 2.05) is 31.2 Å². The Morgan fingerprint density at radius 1 is 1.24 bits per heavy atom. The van der Waals surface area contributed by atoms with Gasteiger partial charge in [0.15, 0.2) is 18.2 Å². The molecule has 0 atom stereocenters. The molecular formula is C19H17FN2O3. The summed E-state index contributed by atoms with van der Waals surface area (Å²) in [7, 11) is 0. The smallest absolute Gasteiger partial charge is 0.277 e. The Labute approximate surface area is 144 Å². The molecule has 0 saturated heterocycles. The fourth-order valence-electron chi connectivity index (χ4n) is 2.43. The van der Waals surface area contributed by atoms with Gasteiger partial charge in [0.2, 0.25) is 0 Å². The summed E-state index contributed by atoms with van der Waals surface area (Å²) in [6.45, 7) is 1.65. The number of furan rings is 1. The highest BCUT2D eigenvalue weighted by molar-refractivity contribution is 5.99. The minimum Gasteiger partial charge on any atom is -0.481 e. The highest BCUT2D eigenvalue weighted by atomic mass is 19.1. The second-order valence-corrected chi connectivity index (χ2v) is 5.30. The van der Waals surface area contributed by atoms with Crippen molar-refractivity contribution >= 4 is 23.1 Å². The predicted octanol–water partition coefficient (Wildman–Crippen LogP) is 3.66. The van der Waals surface area contributed by atoms with Crippen molar-refractivity contribution in [2.45, 2.75) is 13.3 Å². The number of ether oxygens (including phenoxy) is 1. The Kier molecular flexibility index (Phi) is 5.09. The molecule has 3 aromatic rings. The molecule has 128 valence electrons. The first-order chi connectivity index (χ1) is 12.2. The molecule has 2 aromatic carbocycles. The summed E-state index contributed by atoms with van der Waals surface area (Å²) in [6.07, 6.45) is 2.26. The molecule has 0 radical (unpaired) electrons. The number of carbonyl (C=O) groups is 1. The van der Waals surface area contributed by atoms with Gasteiger partial charge in [-0.25, -0.2) is 9.82 Å². The molecule has 0 unspecified atom stereocenters. The molecule has 3 rings (SSSR count). The van der Waals surface area contributed by atoms with E-state index >= 15 is 0 Å². The molecular weight excluding hydrogens is 323 g/mol. The van der Waals surface area contributed by atoms with Crippen molar-refractivity contribution in [1.29, 1.82) is 0 Å². The number of nitrogens with one attached hydrogen (secondary N) is 1. The Morgan fingerprint density at radius 3 is 2.80 bits per heavy atom. The fourth-order valence-corrected chi connectivity index (χ4v) is 2.43. The maximum Gasteiger partial charge on any atom is 0.277 e. The largest absolute Gasteiger partial charge is 0.481 e. The van der Waals surface area contributed by atoms with Crippen LogP contribution in [0.2, 0.25) is 0 Å². The summed E-state index contributed by atoms with van der Waals surface area (Å²) in [6, 6.07) is 13.5. The molecule has 5 nitrogen and oxygen atoms in total. The Balaban J connectivity index is 1.63. The molecule has 0 fully saturated rings. The predicted molar refractivity (Wildman–Crippen MR) is 93.2 cm³/mol. The van der Waals surface area contributed by atoms with Crippen LogP contribution < -0.4 is 10.2 Å². The van der Waals surface area contributed by atoms with Crippen LogP contribution in [0.5, 0.6) is 5.75 Å². The van der Waals surface area contributed by atoms with Crippen LogP contribution in [0.25, 0.3) is 11.0 Å². The van der Waals surface area contributed by atoms with E-state index in [-0.39, 0.29) is 12.4 Å². The normalized spacial score (nSPS) is 11.1. The SMILES string of the molecule is CCc1oc2ccccc2c1/C=N\NC(=O)COc1ccccc1F. The third-order valence-corrected chi connectivity index (χ3v) is 3.61. The summed E-state index contributed by atoms with van der Waals surface area (Å²) >= 11 is 0. The van der Waals surface area contributed by atoms with Gasteiger partial charge in [-0.15, -0.1) is 0 Å². The Hall–Kier alpha value is -3.15. The van der Waals surface area contributed by atoms with Crippen LogP contribution in [0.15, 0.2) is 58.0 Å². The number of hydrazone groups is 1. The first-order valence-electron chi connectivity index (χ1n) is 7.88. The molecule has 1 N–H and O–H groups in total. The van der Waals surface area contributed by atoms with Crippen LogP contribution in [0.4, 0.5) is 4.39 Å². The maximum absolute atomic E-state index is 13.4. The second kappa shape index (κ2) is 7.61. The van der Waals surface area contributed by atoms with E-state index in [1.54, 1.807) is 18.3 Å². The van der Waals surface area contributed by atoms with Crippen molar-refractivity contribution in [1.82, 2.24) is 5.43 Å². The minimum absolute atomic E-state index is 0.0238. The van der Waals surface area contributed by atoms with Crippen molar-refractivity contribution in [3.05, 3.63) is 65.7 Å². The van der Waals surface area contributed by atoms with E-state index in [4.69, 9.17) is 9.15 Å². The lowest BCUT2D eigenvalue weighted by Gasteiger charge is -2.05. The van der Waals surface area contributed by atoms with Gasteiger partial charge in [-0.3, -0.25) is 4.79 Å². The number of halogens is 1. The van der Waals surface area contributed by atoms with Crippen molar-refractivity contribution in [2.75, 3.05) is 6.61 Å². The number of amides is 1. The molecule has 0 aliphatic heterocycles. The van der Waals surface area contributed by atoms with Crippen molar-refractivity contribution in [2.24, 2.45) is 5.10 Å². The van der Waals surface area contributed by atoms with E-state index < -0.39 is 11.7 Å². The number of hydrogen-bond donors (Lipinski definition) is 1. The molecule has 0 aliphatic carbocycles. The van der Waals surface area contributed by atoms with Gasteiger partial charge >= 0.3 is 0 Å². The van der Waals surface area contributed by atoms with Crippen LogP contribution in [-0.2, 0) is 11.2 Å². The van der Waals surface area contributed by atoms with E-state index in [1.165, 1.54) is 12.1 Å². The highest BCUT2D eigenvalue weighted by Crippen LogP contribution is 2.24. The average molecular weight is 340 g/mol. The number of rotatable bonds is 6. The third kappa shape index (κ3) is 3.85. The third-order valence-electron chi connectivity index (χ3n) is 3.61. The van der Waals surface area contributed by atoms with Gasteiger partial charge in [0.05, 0.1) is 6.21 Å². The molecule has 0 spiro atoms. The van der Waals surface area contributed by atoms with Crippen LogP contribution in [0, 0.1) is 5.82 Å². The monoisotopic (exact) mass is 340 g/mol. The minimum atomic E-state index is -0.517. The number of carbonyl (C=O) groups excluding carboxylic acids is 1. The van der Waals surface area contributed by atoms with E-state index in [9.17, 15) is 9.18 Å². The Morgan fingerprint density at radius 2 is 2.00 bits per heavy atom. The maximum atomic E-state index is 13.4. The topological polar surface area (TPSA) is 63.8 Å². The zero-order valence-electron chi connectivity index (χ0n) is 13.7. The highest BCUT2D eigenvalue weighted by Gasteiger charge is 2.10. The van der Waals surface area contributed by atoms with E-state index in [0.717, 1.165) is 22.3 Å². The lowest BCUT2D eigenvalue weighted by atomic mass is 10.1. The second-order valence-electron chi connectivity index (χ2n) is 5.30. The zero-order valence-corrected chi connectivity index (χ0v) is 13.7. The molecule has 0 saturated carbocycles. The summed E-state index contributed by atoms with van der Waals surface area (Å²) in [5, 5.41) is 4.88. The van der Waals surface area contributed by atoms with E-state index in [0.29, 0.717) is 6.42 Å². The van der Waals surface area contributed by atoms with Crippen molar-refractivity contribution < 1.29 is 18.3 Å². The number of para-hydroxylation sites is 2. The van der Waals surface area contributed by atoms with Gasteiger partial charge in [0.25, 0.3) is 5.91 Å². The summed E-state index contributed by atoms with van der Waals surface area (Å²) in [5.41, 5.74) is 3.97. The van der Waals surface area contributed by atoms with Crippen LogP contribution >= 0.6 is 0 Å². The average Bonchev–Trinajstić information content (AvgIpc) is 2.99. The zero-order chi connectivity index (χ0) is 17.6. The number of hydrogen-bond acceptors (Lipinski definition) is 4. The van der Waals surface area contributed by atoms with Crippen molar-refractivity contribution in [3.63, 3.8) is 0 Å². The first-order valence-corrected chi connectivity index (χ1v) is 7.88. The molecule has 0 aliphatic rings. The summed E-state index contributed by atoms with van der Waals surface area (Å²) in [5.74, 6) is -0.181. The first kappa shape index (κ1) is 16.7. The quantitative estimate of drug-likeness (QED) is 0.550. The van der Waals surface area contributed by atoms with Crippen LogP contribution in [0.3, 0.4) is 0 Å². The fraction of sp³-hybridized carbons (Fsp3) is 0.158. The van der Waals surface area contributed by atoms with Crippen LogP contribution in [-0.4, -0.2) is 18.7 Å². The van der Waals surface area contributed by atoms with Gasteiger partial charge in [0, 0.05) is 17.4 Å². The van der Waals surface area contributed by atoms with Crippen LogP contribution in [0.1, 0.15) is 18.2 Å². The lowest BCUT2D eigenvalue weighted by molar-refractivity contribution is -0.123. The van der Waals surface area contributed by atoms with Crippen molar-refractivity contribution in [3.8, 4) is 5.75 Å². The molecule has 1 aromatic heterocycles. The number of nitrogens with zero attached hydrogens (tertiary/aromatic N) is 1. The molecule has 6 heteroatoms. The summed E-state index contributed by atoms with van der Waals surface area (Å²) < 4.78 is 24.3. The standard InChI is InChI=1S/C19H17FN2O3/c1-2-16-14(13-7-3-5-9-17(13)25-16)11-21-22-19(23)12-24-18-10-6-4-8-15(18)20/h3-11H,2,12H2,1H3,(H,22,23)/b21-11-. The molecule has 25 heavy (non-hydrogen) atoms. The van der Waals surface area contributed by atoms with Gasteiger partial charge in [-0.1, -0.05) is 37.3 Å². The molecule has 0 bridgehead atoms. The Bertz CT molecular complexity index is 918. The number of aryl methyl sites for hydroxylation is 1. The van der Waals surface area contributed by atoms with Gasteiger partial charge in [-0.05, 0) is 18.2 Å². The number of benzene rings is 2. The van der Waals surface area contributed by atoms with Gasteiger partial charge < -0.3 is 9.15 Å². The lowest BCUT2D eigenvalue weighted by Crippen LogP contribution is -2.24. The number of fused-ring (bicyclic) bond motifs is 1. The van der Waals surface area contributed by atoms with E-state index in [2.05, 4.69) is 10.5 Å². The molecule has 1 heterocycles. The van der Waals surface area contributed by atoms with Gasteiger partial charge in [0.1, 0.15) is 11.3 Å². The molecule has 1 amide bonds. The summed E-state index contributed by atoms with van der Waals surface area (Å²) in [4.78, 5) is 11.8.